The van der Waals surface area contributed by atoms with Crippen molar-refractivity contribution in [2.75, 3.05) is 32.5 Å². The van der Waals surface area contributed by atoms with Crippen molar-refractivity contribution < 1.29 is 9.59 Å². The number of amides is 3. The van der Waals surface area contributed by atoms with E-state index in [1.807, 2.05) is 6.07 Å². The van der Waals surface area contributed by atoms with E-state index in [-0.39, 0.29) is 17.9 Å². The summed E-state index contributed by atoms with van der Waals surface area (Å²) >= 11 is 5.97. The summed E-state index contributed by atoms with van der Waals surface area (Å²) in [5.41, 5.74) is 0.917. The van der Waals surface area contributed by atoms with Crippen LogP contribution in [0, 0.1) is 17.2 Å². The normalized spacial score (nSPS) is 17.3. The number of nitriles is 1. The van der Waals surface area contributed by atoms with Gasteiger partial charge in [-0.15, -0.1) is 0 Å². The SMILES string of the molecule is CN(C)C(=O)N1CCC[C@@H](C(=O)Nc2ccc(C#N)c(Cl)c2)C1. The van der Waals surface area contributed by atoms with Crippen LogP contribution in [0.5, 0.6) is 0 Å². The number of carbonyl (C=O) groups excluding carboxylic acids is 2. The largest absolute Gasteiger partial charge is 0.331 e. The van der Waals surface area contributed by atoms with Gasteiger partial charge in [-0.3, -0.25) is 4.79 Å². The second-order valence-corrected chi connectivity index (χ2v) is 6.17. The van der Waals surface area contributed by atoms with Crippen LogP contribution in [-0.2, 0) is 4.79 Å². The smallest absolute Gasteiger partial charge is 0.319 e. The highest BCUT2D eigenvalue weighted by Gasteiger charge is 2.29. The van der Waals surface area contributed by atoms with Crippen molar-refractivity contribution in [2.24, 2.45) is 5.92 Å². The maximum Gasteiger partial charge on any atom is 0.319 e. The number of hydrogen-bond donors (Lipinski definition) is 1. The highest BCUT2D eigenvalue weighted by atomic mass is 35.5. The Hall–Kier alpha value is -2.26. The predicted molar refractivity (Wildman–Crippen MR) is 88.2 cm³/mol. The molecule has 0 radical (unpaired) electrons. The standard InChI is InChI=1S/C16H19ClN4O2/c1-20(2)16(23)21-7-3-4-12(10-21)15(22)19-13-6-5-11(9-18)14(17)8-13/h5-6,8,12H,3-4,7,10H2,1-2H3,(H,19,22)/t12-/m1/s1. The van der Waals surface area contributed by atoms with Gasteiger partial charge in [0.15, 0.2) is 0 Å². The summed E-state index contributed by atoms with van der Waals surface area (Å²) in [4.78, 5) is 27.6. The van der Waals surface area contributed by atoms with Gasteiger partial charge < -0.3 is 15.1 Å². The fraction of sp³-hybridized carbons (Fsp3) is 0.438. The molecule has 23 heavy (non-hydrogen) atoms. The lowest BCUT2D eigenvalue weighted by atomic mass is 9.97. The van der Waals surface area contributed by atoms with E-state index in [2.05, 4.69) is 5.32 Å². The van der Waals surface area contributed by atoms with Gasteiger partial charge in [0, 0.05) is 32.9 Å². The molecule has 0 aliphatic carbocycles. The predicted octanol–water partition coefficient (Wildman–Crippen LogP) is 2.54. The van der Waals surface area contributed by atoms with E-state index in [9.17, 15) is 9.59 Å². The van der Waals surface area contributed by atoms with E-state index in [0.29, 0.717) is 29.4 Å². The number of halogens is 1. The molecule has 6 nitrogen and oxygen atoms in total. The van der Waals surface area contributed by atoms with Gasteiger partial charge in [0.1, 0.15) is 6.07 Å². The summed E-state index contributed by atoms with van der Waals surface area (Å²) in [7, 11) is 3.40. The summed E-state index contributed by atoms with van der Waals surface area (Å²) in [5.74, 6) is -0.385. The van der Waals surface area contributed by atoms with Crippen LogP contribution in [0.4, 0.5) is 10.5 Å². The molecule has 2 rings (SSSR count). The van der Waals surface area contributed by atoms with Gasteiger partial charge in [-0.05, 0) is 31.0 Å². The van der Waals surface area contributed by atoms with E-state index in [0.717, 1.165) is 12.8 Å². The number of rotatable bonds is 2. The third kappa shape index (κ3) is 4.14. The highest BCUT2D eigenvalue weighted by molar-refractivity contribution is 6.32. The second-order valence-electron chi connectivity index (χ2n) is 5.76. The zero-order valence-corrected chi connectivity index (χ0v) is 13.9. The Bertz CT molecular complexity index is 654. The molecule has 3 amide bonds. The molecule has 0 saturated carbocycles. The minimum Gasteiger partial charge on any atom is -0.331 e. The minimum absolute atomic E-state index is 0.0797. The third-order valence-electron chi connectivity index (χ3n) is 3.80. The van der Waals surface area contributed by atoms with Gasteiger partial charge in [-0.25, -0.2) is 4.79 Å². The van der Waals surface area contributed by atoms with Crippen molar-refractivity contribution in [3.8, 4) is 6.07 Å². The Balaban J connectivity index is 2.01. The van der Waals surface area contributed by atoms with Crippen molar-refractivity contribution >= 4 is 29.2 Å². The molecular formula is C16H19ClN4O2. The average Bonchev–Trinajstić information content (AvgIpc) is 2.54. The summed E-state index contributed by atoms with van der Waals surface area (Å²) in [6, 6.07) is 6.67. The number of hydrogen-bond acceptors (Lipinski definition) is 3. The first kappa shape index (κ1) is 17.1. The van der Waals surface area contributed by atoms with Crippen LogP contribution >= 0.6 is 11.6 Å². The molecule has 7 heteroatoms. The molecule has 1 atom stereocenters. The van der Waals surface area contributed by atoms with Crippen molar-refractivity contribution in [2.45, 2.75) is 12.8 Å². The number of urea groups is 1. The van der Waals surface area contributed by atoms with Gasteiger partial charge in [-0.1, -0.05) is 11.6 Å². The third-order valence-corrected chi connectivity index (χ3v) is 4.12. The van der Waals surface area contributed by atoms with Crippen molar-refractivity contribution in [3.05, 3.63) is 28.8 Å². The fourth-order valence-corrected chi connectivity index (χ4v) is 2.80. The van der Waals surface area contributed by atoms with Crippen molar-refractivity contribution in [1.29, 1.82) is 5.26 Å². The van der Waals surface area contributed by atoms with Crippen LogP contribution < -0.4 is 5.32 Å². The quantitative estimate of drug-likeness (QED) is 0.903. The van der Waals surface area contributed by atoms with Gasteiger partial charge >= 0.3 is 6.03 Å². The number of nitrogens with one attached hydrogen (secondary N) is 1. The number of benzene rings is 1. The molecule has 1 heterocycles. The first-order valence-electron chi connectivity index (χ1n) is 7.39. The zero-order chi connectivity index (χ0) is 17.0. The molecule has 1 aromatic rings. The van der Waals surface area contributed by atoms with Crippen LogP contribution in [0.1, 0.15) is 18.4 Å². The number of carbonyl (C=O) groups is 2. The van der Waals surface area contributed by atoms with Crippen LogP contribution in [0.2, 0.25) is 5.02 Å². The van der Waals surface area contributed by atoms with E-state index >= 15 is 0 Å². The molecule has 1 N–H and O–H groups in total. The average molecular weight is 335 g/mol. The van der Waals surface area contributed by atoms with Crippen LogP contribution in [0.25, 0.3) is 0 Å². The number of anilines is 1. The van der Waals surface area contributed by atoms with Gasteiger partial charge in [0.25, 0.3) is 0 Å². The fourth-order valence-electron chi connectivity index (χ4n) is 2.58. The van der Waals surface area contributed by atoms with Crippen LogP contribution in [0.3, 0.4) is 0 Å². The molecule has 1 aromatic carbocycles. The summed E-state index contributed by atoms with van der Waals surface area (Å²) in [5, 5.41) is 12.0. The lowest BCUT2D eigenvalue weighted by Gasteiger charge is -2.33. The highest BCUT2D eigenvalue weighted by Crippen LogP contribution is 2.23. The number of nitrogens with zero attached hydrogens (tertiary/aromatic N) is 3. The van der Waals surface area contributed by atoms with Crippen LogP contribution in [-0.4, -0.2) is 48.9 Å². The molecule has 0 bridgehead atoms. The molecule has 122 valence electrons. The molecule has 0 unspecified atom stereocenters. The monoisotopic (exact) mass is 334 g/mol. The summed E-state index contributed by atoms with van der Waals surface area (Å²) < 4.78 is 0. The van der Waals surface area contributed by atoms with E-state index < -0.39 is 0 Å². The number of likely N-dealkylation sites (tertiary alicyclic amines) is 1. The lowest BCUT2D eigenvalue weighted by Crippen LogP contribution is -2.47. The van der Waals surface area contributed by atoms with Crippen LogP contribution in [0.15, 0.2) is 18.2 Å². The minimum atomic E-state index is -0.248. The van der Waals surface area contributed by atoms with Gasteiger partial charge in [0.2, 0.25) is 5.91 Å². The Morgan fingerprint density at radius 1 is 1.43 bits per heavy atom. The molecule has 1 fully saturated rings. The Labute approximate surface area is 140 Å². The van der Waals surface area contributed by atoms with Crippen molar-refractivity contribution in [1.82, 2.24) is 9.80 Å². The maximum atomic E-state index is 12.4. The summed E-state index contributed by atoms with van der Waals surface area (Å²) in [6.45, 7) is 1.08. The molecule has 1 aliphatic heterocycles. The lowest BCUT2D eigenvalue weighted by molar-refractivity contribution is -0.121. The Kier molecular flexibility index (Phi) is 5.45. The molecule has 1 saturated heterocycles. The first-order chi connectivity index (χ1) is 10.9. The molecule has 0 aromatic heterocycles. The summed E-state index contributed by atoms with van der Waals surface area (Å²) in [6.07, 6.45) is 1.54. The van der Waals surface area contributed by atoms with Gasteiger partial charge in [0.05, 0.1) is 16.5 Å². The molecular weight excluding hydrogens is 316 g/mol. The van der Waals surface area contributed by atoms with Gasteiger partial charge in [-0.2, -0.15) is 5.26 Å². The van der Waals surface area contributed by atoms with E-state index in [1.54, 1.807) is 37.2 Å². The maximum absolute atomic E-state index is 12.4. The Morgan fingerprint density at radius 2 is 2.17 bits per heavy atom. The molecule has 0 spiro atoms. The first-order valence-corrected chi connectivity index (χ1v) is 7.77. The Morgan fingerprint density at radius 3 is 2.78 bits per heavy atom. The number of piperidine rings is 1. The van der Waals surface area contributed by atoms with E-state index in [1.165, 1.54) is 4.90 Å². The van der Waals surface area contributed by atoms with Crippen molar-refractivity contribution in [3.63, 3.8) is 0 Å². The van der Waals surface area contributed by atoms with E-state index in [4.69, 9.17) is 16.9 Å². The second kappa shape index (κ2) is 7.34. The zero-order valence-electron chi connectivity index (χ0n) is 13.2. The molecule has 1 aliphatic rings. The topological polar surface area (TPSA) is 76.4 Å².